The van der Waals surface area contributed by atoms with Crippen LogP contribution in [-0.2, 0) is 9.47 Å². The summed E-state index contributed by atoms with van der Waals surface area (Å²) in [7, 11) is 4.29. The van der Waals surface area contributed by atoms with Gasteiger partial charge in [-0.3, -0.25) is 0 Å². The largest absolute Gasteiger partial charge is 0.496 e. The van der Waals surface area contributed by atoms with Crippen LogP contribution >= 0.6 is 0 Å². The third-order valence-electron chi connectivity index (χ3n) is 4.93. The normalized spacial score (nSPS) is 33.1. The first-order valence-corrected chi connectivity index (χ1v) is 6.96. The molecule has 23 heavy (non-hydrogen) atoms. The van der Waals surface area contributed by atoms with Crippen molar-refractivity contribution in [2.45, 2.75) is 11.8 Å². The number of nitrogens with zero attached hydrogens (tertiary/aromatic N) is 3. The van der Waals surface area contributed by atoms with Crippen LogP contribution < -0.4 is 10.5 Å². The van der Waals surface area contributed by atoms with Crippen molar-refractivity contribution in [1.29, 1.82) is 10.5 Å². The van der Waals surface area contributed by atoms with E-state index >= 15 is 0 Å². The van der Waals surface area contributed by atoms with Crippen LogP contribution in [-0.4, -0.2) is 33.1 Å². The Balaban J connectivity index is 2.28. The summed E-state index contributed by atoms with van der Waals surface area (Å²) >= 11 is 0. The number of rotatable bonds is 4. The van der Waals surface area contributed by atoms with Crippen molar-refractivity contribution in [3.05, 3.63) is 29.8 Å². The van der Waals surface area contributed by atoms with Gasteiger partial charge in [-0.1, -0.05) is 18.2 Å². The standard InChI is InChI=1S/C16H16N4O3/c1-21-11-7-5-4-6-10(11)12-14(8-17)13(19)20-16(22-2,23-3)15(12,14)9-18/h4-7,12H,1-3H3,(H2,19,20). The number of benzene rings is 1. The first kappa shape index (κ1) is 15.3. The van der Waals surface area contributed by atoms with Crippen molar-refractivity contribution in [1.82, 2.24) is 0 Å². The molecule has 7 nitrogen and oxygen atoms in total. The smallest absolute Gasteiger partial charge is 0.292 e. The lowest BCUT2D eigenvalue weighted by Gasteiger charge is -2.29. The number of methoxy groups -OCH3 is 3. The highest BCUT2D eigenvalue weighted by Crippen LogP contribution is 2.82. The average Bonchev–Trinajstić information content (AvgIpc) is 3.17. The minimum Gasteiger partial charge on any atom is -0.496 e. The number of amidine groups is 1. The van der Waals surface area contributed by atoms with E-state index in [-0.39, 0.29) is 5.84 Å². The predicted molar refractivity (Wildman–Crippen MR) is 80.2 cm³/mol. The summed E-state index contributed by atoms with van der Waals surface area (Å²) in [4.78, 5) is 4.17. The zero-order valence-electron chi connectivity index (χ0n) is 13.0. The second kappa shape index (κ2) is 4.69. The Morgan fingerprint density at radius 2 is 1.78 bits per heavy atom. The van der Waals surface area contributed by atoms with E-state index in [0.717, 1.165) is 0 Å². The van der Waals surface area contributed by atoms with Gasteiger partial charge < -0.3 is 19.9 Å². The maximum absolute atomic E-state index is 9.94. The van der Waals surface area contributed by atoms with Crippen molar-refractivity contribution in [3.8, 4) is 17.9 Å². The molecule has 0 saturated heterocycles. The third-order valence-corrected chi connectivity index (χ3v) is 4.93. The van der Waals surface area contributed by atoms with Crippen molar-refractivity contribution in [2.24, 2.45) is 21.6 Å². The Morgan fingerprint density at radius 1 is 1.13 bits per heavy atom. The zero-order valence-corrected chi connectivity index (χ0v) is 13.0. The van der Waals surface area contributed by atoms with Gasteiger partial charge in [0.2, 0.25) is 0 Å². The molecule has 1 heterocycles. The summed E-state index contributed by atoms with van der Waals surface area (Å²) in [6, 6.07) is 11.6. The Labute approximate surface area is 133 Å². The second-order valence-electron chi connectivity index (χ2n) is 5.50. The van der Waals surface area contributed by atoms with Gasteiger partial charge in [0.1, 0.15) is 17.0 Å². The summed E-state index contributed by atoms with van der Waals surface area (Å²) < 4.78 is 16.2. The van der Waals surface area contributed by atoms with Gasteiger partial charge >= 0.3 is 0 Å². The highest BCUT2D eigenvalue weighted by Gasteiger charge is 2.93. The molecule has 1 aromatic rings. The van der Waals surface area contributed by atoms with Crippen molar-refractivity contribution in [2.75, 3.05) is 21.3 Å². The molecular weight excluding hydrogens is 296 g/mol. The van der Waals surface area contributed by atoms with Gasteiger partial charge in [-0.05, 0) is 6.07 Å². The van der Waals surface area contributed by atoms with Crippen LogP contribution in [0.3, 0.4) is 0 Å². The SMILES string of the molecule is COc1ccccc1C1C2(C#N)C(N)=NC(OC)(OC)C12C#N. The minimum absolute atomic E-state index is 0.0427. The molecule has 1 fully saturated rings. The lowest BCUT2D eigenvalue weighted by molar-refractivity contribution is -0.230. The van der Waals surface area contributed by atoms with E-state index < -0.39 is 22.7 Å². The first-order valence-electron chi connectivity index (χ1n) is 6.96. The quantitative estimate of drug-likeness (QED) is 0.834. The highest BCUT2D eigenvalue weighted by atomic mass is 16.7. The lowest BCUT2D eigenvalue weighted by atomic mass is 9.93. The van der Waals surface area contributed by atoms with Gasteiger partial charge in [-0.2, -0.15) is 10.5 Å². The second-order valence-corrected chi connectivity index (χ2v) is 5.50. The predicted octanol–water partition coefficient (Wildman–Crippen LogP) is 1.13. The highest BCUT2D eigenvalue weighted by molar-refractivity contribution is 6.00. The van der Waals surface area contributed by atoms with Crippen LogP contribution in [0.5, 0.6) is 5.75 Å². The fourth-order valence-corrected chi connectivity index (χ4v) is 3.89. The number of nitrogens with two attached hydrogens (primary N) is 1. The molecule has 118 valence electrons. The molecule has 0 spiro atoms. The molecule has 0 bridgehead atoms. The Hall–Kier alpha value is -2.61. The van der Waals surface area contributed by atoms with Gasteiger partial charge in [0, 0.05) is 25.7 Å². The molecule has 1 saturated carbocycles. The number of hydrogen-bond donors (Lipinski definition) is 1. The molecule has 7 heteroatoms. The molecule has 1 aromatic carbocycles. The summed E-state index contributed by atoms with van der Waals surface area (Å²) in [5.74, 6) is -1.56. The molecule has 2 aliphatic rings. The molecule has 0 radical (unpaired) electrons. The average molecular weight is 312 g/mol. The Morgan fingerprint density at radius 3 is 2.30 bits per heavy atom. The fourth-order valence-electron chi connectivity index (χ4n) is 3.89. The van der Waals surface area contributed by atoms with Crippen LogP contribution in [0.15, 0.2) is 29.3 Å². The van der Waals surface area contributed by atoms with E-state index in [9.17, 15) is 10.5 Å². The number of para-hydroxylation sites is 1. The van der Waals surface area contributed by atoms with E-state index in [1.165, 1.54) is 21.3 Å². The fraction of sp³-hybridized carbons (Fsp3) is 0.438. The van der Waals surface area contributed by atoms with Crippen LogP contribution in [0.25, 0.3) is 0 Å². The van der Waals surface area contributed by atoms with Gasteiger partial charge in [0.15, 0.2) is 5.41 Å². The van der Waals surface area contributed by atoms with Crippen LogP contribution in [0.1, 0.15) is 11.5 Å². The number of nitriles is 2. The molecule has 1 aliphatic heterocycles. The van der Waals surface area contributed by atoms with E-state index in [0.29, 0.717) is 11.3 Å². The zero-order chi connectivity index (χ0) is 16.9. The molecule has 3 rings (SSSR count). The maximum atomic E-state index is 9.94. The van der Waals surface area contributed by atoms with Gasteiger partial charge in [0.05, 0.1) is 19.2 Å². The van der Waals surface area contributed by atoms with E-state index in [1.807, 2.05) is 18.2 Å². The molecule has 1 aliphatic carbocycles. The number of aliphatic imine (C=N–C) groups is 1. The summed E-state index contributed by atoms with van der Waals surface area (Å²) in [5, 5.41) is 19.8. The Bertz CT molecular complexity index is 774. The molecular formula is C16H16N4O3. The van der Waals surface area contributed by atoms with Crippen LogP contribution in [0.4, 0.5) is 0 Å². The van der Waals surface area contributed by atoms with Gasteiger partial charge in [0.25, 0.3) is 5.91 Å². The van der Waals surface area contributed by atoms with Crippen molar-refractivity contribution in [3.63, 3.8) is 0 Å². The van der Waals surface area contributed by atoms with Crippen LogP contribution in [0, 0.1) is 33.5 Å². The molecule has 3 unspecified atom stereocenters. The minimum atomic E-state index is -1.62. The van der Waals surface area contributed by atoms with Crippen LogP contribution in [0.2, 0.25) is 0 Å². The first-order chi connectivity index (χ1) is 11.0. The number of fused-ring (bicyclic) bond motifs is 1. The lowest BCUT2D eigenvalue weighted by Crippen LogP contribution is -2.41. The topological polar surface area (TPSA) is 114 Å². The van der Waals surface area contributed by atoms with Gasteiger partial charge in [-0.25, -0.2) is 4.99 Å². The van der Waals surface area contributed by atoms with E-state index in [2.05, 4.69) is 17.1 Å². The van der Waals surface area contributed by atoms with E-state index in [4.69, 9.17) is 19.9 Å². The summed E-state index contributed by atoms with van der Waals surface area (Å²) in [6.07, 6.45) is 0. The molecule has 0 aromatic heterocycles. The molecule has 0 amide bonds. The summed E-state index contributed by atoms with van der Waals surface area (Å²) in [5.41, 5.74) is 4.08. The Kier molecular flexibility index (Phi) is 3.12. The molecule has 3 atom stereocenters. The van der Waals surface area contributed by atoms with Gasteiger partial charge in [-0.15, -0.1) is 0 Å². The van der Waals surface area contributed by atoms with E-state index in [1.54, 1.807) is 6.07 Å². The third kappa shape index (κ3) is 1.37. The number of ether oxygens (including phenoxy) is 3. The van der Waals surface area contributed by atoms with Crippen molar-refractivity contribution >= 4 is 5.84 Å². The number of hydrogen-bond acceptors (Lipinski definition) is 7. The molecule has 2 N–H and O–H groups in total. The van der Waals surface area contributed by atoms with Crippen molar-refractivity contribution < 1.29 is 14.2 Å². The maximum Gasteiger partial charge on any atom is 0.292 e. The summed E-state index contributed by atoms with van der Waals surface area (Å²) in [6.45, 7) is 0. The monoisotopic (exact) mass is 312 g/mol.